The fourth-order valence-corrected chi connectivity index (χ4v) is 22.2. The lowest BCUT2D eigenvalue weighted by Gasteiger charge is -2.47. The van der Waals surface area contributed by atoms with Gasteiger partial charge >= 0.3 is 0 Å². The molecule has 4 heterocycles. The summed E-state index contributed by atoms with van der Waals surface area (Å²) in [6.07, 6.45) is 0. The van der Waals surface area contributed by atoms with Crippen molar-refractivity contribution in [2.75, 3.05) is 9.80 Å². The van der Waals surface area contributed by atoms with Crippen molar-refractivity contribution >= 4 is 101 Å². The van der Waals surface area contributed by atoms with E-state index in [1.54, 1.807) is 0 Å². The van der Waals surface area contributed by atoms with Gasteiger partial charge in [0.1, 0.15) is 11.2 Å². The van der Waals surface area contributed by atoms with Crippen LogP contribution in [0, 0.1) is 0 Å². The topological polar surface area (TPSA) is 24.6 Å². The van der Waals surface area contributed by atoms with Crippen LogP contribution in [0.15, 0.2) is 326 Å². The first kappa shape index (κ1) is 82.5. The molecular weight excluding hydrogens is 1570 g/mol. The number of furan rings is 1. The molecule has 0 atom stereocenters. The highest BCUT2D eigenvalue weighted by Crippen LogP contribution is 2.66. The monoisotopic (exact) mass is 1690 g/mol. The second kappa shape index (κ2) is 28.9. The third-order valence-electron chi connectivity index (χ3n) is 29.3. The number of anilines is 6. The Labute approximate surface area is 769 Å². The van der Waals surface area contributed by atoms with E-state index in [0.29, 0.717) is 0 Å². The van der Waals surface area contributed by atoms with E-state index in [0.717, 1.165) is 117 Å². The molecule has 4 aliphatic rings. The van der Waals surface area contributed by atoms with Crippen molar-refractivity contribution in [3.8, 4) is 83.6 Å². The molecule has 640 valence electrons. The van der Waals surface area contributed by atoms with Gasteiger partial charge in [-0.2, -0.15) is 0 Å². The maximum atomic E-state index is 7.16. The Morgan fingerprint density at radius 2 is 0.638 bits per heavy atom. The standard InChI is InChI=1S/C125H116BN3O/c1-118(2,3)80-54-45-75(46-55-80)96-68-84(122(13,14)15)69-97(76-47-56-81(57-48-76)119(4,5)6)115(96)128-106-65-53-79(88-38-32-39-94-92-36-26-31-44-111(92)130-117(88)94)67-104(106)126-103-64-62-87(127-105-43-30-25-37-95(105)112-107(127)66-63-93-91-35-24-29-42-102(91)125(113(93)112)100-40-27-22-33-89(100)90-34-23-28-41-101(90)125)74-108(103)129(110-73-86(124(19,20)21)72-109(128)114(110)126)116-98(77-49-58-82(59-50-77)120(7,8)9)70-85(123(16,17)18)71-99(116)78-51-60-83(61-52-78)121(10,11)12/h22-74H,1-21H3. The summed E-state index contributed by atoms with van der Waals surface area (Å²) in [5, 5.41) is 4.70. The number of benzene rings is 16. The van der Waals surface area contributed by atoms with Crippen LogP contribution in [0.25, 0.3) is 127 Å². The van der Waals surface area contributed by atoms with Gasteiger partial charge in [-0.05, 0) is 238 Å². The lowest BCUT2D eigenvalue weighted by molar-refractivity contribution is 0.589. The molecule has 2 aliphatic heterocycles. The average Bonchev–Trinajstić information content (AvgIpc) is 1.48. The highest BCUT2D eigenvalue weighted by atomic mass is 16.3. The normalized spacial score (nSPS) is 14.1. The quantitative estimate of drug-likeness (QED) is 0.142. The molecule has 0 radical (unpaired) electrons. The summed E-state index contributed by atoms with van der Waals surface area (Å²) in [7, 11) is 0. The first-order chi connectivity index (χ1) is 61.9. The Hall–Kier alpha value is -13.2. The van der Waals surface area contributed by atoms with Crippen LogP contribution in [-0.2, 0) is 43.3 Å². The number of rotatable bonds is 8. The molecule has 0 fully saturated rings. The van der Waals surface area contributed by atoms with Crippen LogP contribution in [-0.4, -0.2) is 11.3 Å². The van der Waals surface area contributed by atoms with E-state index >= 15 is 0 Å². The highest BCUT2D eigenvalue weighted by Gasteiger charge is 2.54. The summed E-state index contributed by atoms with van der Waals surface area (Å²) < 4.78 is 9.80. The highest BCUT2D eigenvalue weighted by molar-refractivity contribution is 7.00. The lowest BCUT2D eigenvalue weighted by atomic mass is 9.33. The van der Waals surface area contributed by atoms with Crippen molar-refractivity contribution < 1.29 is 4.42 Å². The minimum atomic E-state index is -0.602. The van der Waals surface area contributed by atoms with Gasteiger partial charge in [-0.15, -0.1) is 0 Å². The predicted octanol–water partition coefficient (Wildman–Crippen LogP) is 32.5. The third-order valence-corrected chi connectivity index (χ3v) is 29.3. The minimum Gasteiger partial charge on any atom is -0.455 e. The van der Waals surface area contributed by atoms with E-state index in [4.69, 9.17) is 4.42 Å². The zero-order valence-corrected chi connectivity index (χ0v) is 79.4. The van der Waals surface area contributed by atoms with E-state index in [2.05, 4.69) is 481 Å². The molecule has 0 saturated carbocycles. The number of hydrogen-bond acceptors (Lipinski definition) is 3. The molecule has 1 spiro atoms. The van der Waals surface area contributed by atoms with Gasteiger partial charge in [-0.1, -0.05) is 394 Å². The van der Waals surface area contributed by atoms with Gasteiger partial charge in [0.05, 0.1) is 27.8 Å². The molecule has 130 heavy (non-hydrogen) atoms. The molecule has 2 aliphatic carbocycles. The van der Waals surface area contributed by atoms with Crippen LogP contribution in [0.1, 0.15) is 207 Å². The molecule has 5 heteroatoms. The summed E-state index contributed by atoms with van der Waals surface area (Å²) >= 11 is 0. The van der Waals surface area contributed by atoms with Gasteiger partial charge in [-0.3, -0.25) is 0 Å². The molecular formula is C125H116BN3O. The molecule has 0 saturated heterocycles. The number of para-hydroxylation sites is 3. The van der Waals surface area contributed by atoms with Crippen LogP contribution in [0.3, 0.4) is 0 Å². The van der Waals surface area contributed by atoms with Crippen molar-refractivity contribution in [2.45, 2.75) is 189 Å². The molecule has 22 rings (SSSR count). The SMILES string of the molecule is CC(C)(C)c1ccc(-c2cc(C(C)(C)C)cc(-c3ccc(C(C)(C)C)cc3)c2N2c3ccc(-c4cccc5c4oc4ccccc45)cc3B3c4ccc(-n5c6ccccc6c6c7c(ccc65)-c5ccccc5C75c6ccccc6-c6ccccc65)cc4N(c4c(-c5ccc(C(C)(C)C)cc5)cc(C(C)(C)C)cc4-c4ccc(C(C)(C)C)cc4)c4cc(C(C)(C)C)cc2c43)cc1. The van der Waals surface area contributed by atoms with E-state index in [-0.39, 0.29) is 39.2 Å². The van der Waals surface area contributed by atoms with Gasteiger partial charge in [0.2, 0.25) is 0 Å². The van der Waals surface area contributed by atoms with Crippen LogP contribution in [0.5, 0.6) is 0 Å². The fourth-order valence-electron chi connectivity index (χ4n) is 22.2. The van der Waals surface area contributed by atoms with E-state index in [9.17, 15) is 0 Å². The maximum Gasteiger partial charge on any atom is 0.252 e. The van der Waals surface area contributed by atoms with Crippen LogP contribution in [0.4, 0.5) is 34.1 Å². The first-order valence-electron chi connectivity index (χ1n) is 47.1. The number of fused-ring (bicyclic) bond motifs is 21. The molecule has 18 aromatic rings. The molecule has 0 amide bonds. The van der Waals surface area contributed by atoms with Gasteiger partial charge in [0, 0.05) is 77.8 Å². The fraction of sp³-hybridized carbons (Fsp3) is 0.232. The summed E-state index contributed by atoms with van der Waals surface area (Å²) in [6.45, 7) is 49.3. The van der Waals surface area contributed by atoms with Gasteiger partial charge < -0.3 is 18.8 Å². The van der Waals surface area contributed by atoms with E-state index in [1.807, 2.05) is 0 Å². The molecule has 16 aromatic carbocycles. The molecule has 2 aromatic heterocycles. The Morgan fingerprint density at radius 1 is 0.254 bits per heavy atom. The Balaban J connectivity index is 0.916. The van der Waals surface area contributed by atoms with Crippen molar-refractivity contribution in [3.05, 3.63) is 383 Å². The van der Waals surface area contributed by atoms with Gasteiger partial charge in [-0.25, -0.2) is 0 Å². The Morgan fingerprint density at radius 3 is 1.10 bits per heavy atom. The second-order valence-electron chi connectivity index (χ2n) is 44.9. The molecule has 0 bridgehead atoms. The summed E-state index contributed by atoms with van der Waals surface area (Å²) in [4.78, 5) is 5.57. The maximum absolute atomic E-state index is 7.16. The van der Waals surface area contributed by atoms with Crippen molar-refractivity contribution in [1.29, 1.82) is 0 Å². The van der Waals surface area contributed by atoms with Crippen LogP contribution < -0.4 is 26.2 Å². The Bertz CT molecular complexity index is 7500. The summed E-state index contributed by atoms with van der Waals surface area (Å²) in [6, 6.07) is 127. The number of nitrogens with zero attached hydrogens (tertiary/aromatic N) is 3. The van der Waals surface area contributed by atoms with Gasteiger partial charge in [0.25, 0.3) is 6.71 Å². The number of aromatic nitrogens is 1. The van der Waals surface area contributed by atoms with Crippen molar-refractivity contribution in [3.63, 3.8) is 0 Å². The average molecular weight is 1690 g/mol. The predicted molar refractivity (Wildman–Crippen MR) is 556 cm³/mol. The molecule has 0 N–H and O–H groups in total. The number of hydrogen-bond donors (Lipinski definition) is 0. The van der Waals surface area contributed by atoms with Crippen molar-refractivity contribution in [2.24, 2.45) is 0 Å². The Kier molecular flexibility index (Phi) is 18.3. The lowest BCUT2D eigenvalue weighted by Crippen LogP contribution is -2.61. The third kappa shape index (κ3) is 12.8. The zero-order chi connectivity index (χ0) is 90.3. The molecule has 0 unspecified atom stereocenters. The van der Waals surface area contributed by atoms with E-state index in [1.165, 1.54) is 122 Å². The molecule has 4 nitrogen and oxygen atoms in total. The van der Waals surface area contributed by atoms with E-state index < -0.39 is 10.8 Å². The zero-order valence-electron chi connectivity index (χ0n) is 79.4. The van der Waals surface area contributed by atoms with Gasteiger partial charge in [0.15, 0.2) is 0 Å². The van der Waals surface area contributed by atoms with Crippen molar-refractivity contribution in [1.82, 2.24) is 4.57 Å². The van der Waals surface area contributed by atoms with Crippen LogP contribution >= 0.6 is 0 Å². The minimum absolute atomic E-state index is 0.0794. The first-order valence-corrected chi connectivity index (χ1v) is 47.1. The second-order valence-corrected chi connectivity index (χ2v) is 44.9. The smallest absolute Gasteiger partial charge is 0.252 e. The summed E-state index contributed by atoms with van der Waals surface area (Å²) in [5.74, 6) is 0. The largest absolute Gasteiger partial charge is 0.455 e. The van der Waals surface area contributed by atoms with Crippen LogP contribution in [0.2, 0.25) is 0 Å². The summed E-state index contributed by atoms with van der Waals surface area (Å²) in [5.41, 5.74) is 44.6.